The van der Waals surface area contributed by atoms with Crippen LogP contribution >= 0.6 is 0 Å². The minimum Gasteiger partial charge on any atom is -0.356 e. The van der Waals surface area contributed by atoms with Crippen LogP contribution in [0.5, 0.6) is 0 Å². The van der Waals surface area contributed by atoms with Crippen molar-refractivity contribution in [1.29, 1.82) is 0 Å². The smallest absolute Gasteiger partial charge is 0.132 e. The second-order valence-corrected chi connectivity index (χ2v) is 5.10. The van der Waals surface area contributed by atoms with E-state index in [0.717, 1.165) is 49.8 Å². The van der Waals surface area contributed by atoms with E-state index in [9.17, 15) is 0 Å². The van der Waals surface area contributed by atoms with Crippen LogP contribution in [0.25, 0.3) is 0 Å². The van der Waals surface area contributed by atoms with Crippen molar-refractivity contribution in [2.24, 2.45) is 11.7 Å². The molecule has 4 heteroatoms. The van der Waals surface area contributed by atoms with Crippen molar-refractivity contribution in [3.63, 3.8) is 0 Å². The summed E-state index contributed by atoms with van der Waals surface area (Å²) >= 11 is 0. The first-order valence-corrected chi connectivity index (χ1v) is 6.86. The van der Waals surface area contributed by atoms with Gasteiger partial charge in [0.25, 0.3) is 0 Å². The van der Waals surface area contributed by atoms with E-state index in [-0.39, 0.29) is 0 Å². The van der Waals surface area contributed by atoms with E-state index < -0.39 is 0 Å². The van der Waals surface area contributed by atoms with Gasteiger partial charge in [-0.3, -0.25) is 0 Å². The maximum atomic E-state index is 5.61. The number of nitrogens with two attached hydrogens (primary N) is 1. The van der Waals surface area contributed by atoms with E-state index >= 15 is 0 Å². The van der Waals surface area contributed by atoms with Gasteiger partial charge in [0.2, 0.25) is 0 Å². The molecule has 0 aliphatic carbocycles. The summed E-state index contributed by atoms with van der Waals surface area (Å²) in [6.45, 7) is 11.2. The Bertz CT molecular complexity index is 363. The van der Waals surface area contributed by atoms with E-state index in [1.807, 2.05) is 6.92 Å². The SMILES string of the molecule is CCc1cc(N(CCCN)CC(C)C)nc(C)n1. The molecule has 0 aromatic carbocycles. The normalized spacial score (nSPS) is 11.0. The minimum absolute atomic E-state index is 0.614. The molecule has 1 aromatic rings. The van der Waals surface area contributed by atoms with Crippen molar-refractivity contribution in [2.75, 3.05) is 24.5 Å². The van der Waals surface area contributed by atoms with E-state index in [1.165, 1.54) is 0 Å². The lowest BCUT2D eigenvalue weighted by atomic mass is 10.2. The van der Waals surface area contributed by atoms with Crippen LogP contribution in [0.3, 0.4) is 0 Å². The molecular formula is C14H26N4. The first kappa shape index (κ1) is 14.9. The highest BCUT2D eigenvalue weighted by Gasteiger charge is 2.11. The molecule has 0 aliphatic heterocycles. The highest BCUT2D eigenvalue weighted by Crippen LogP contribution is 2.15. The molecule has 1 heterocycles. The first-order valence-electron chi connectivity index (χ1n) is 6.86. The van der Waals surface area contributed by atoms with Gasteiger partial charge in [0.05, 0.1) is 0 Å². The Hall–Kier alpha value is -1.16. The summed E-state index contributed by atoms with van der Waals surface area (Å²) in [6.07, 6.45) is 1.94. The molecule has 4 nitrogen and oxygen atoms in total. The summed E-state index contributed by atoms with van der Waals surface area (Å²) in [5, 5.41) is 0. The van der Waals surface area contributed by atoms with Crippen molar-refractivity contribution in [1.82, 2.24) is 9.97 Å². The van der Waals surface area contributed by atoms with Crippen LogP contribution in [-0.4, -0.2) is 29.6 Å². The molecule has 2 N–H and O–H groups in total. The third-order valence-electron chi connectivity index (χ3n) is 2.78. The fourth-order valence-corrected chi connectivity index (χ4v) is 1.98. The van der Waals surface area contributed by atoms with Gasteiger partial charge < -0.3 is 10.6 Å². The highest BCUT2D eigenvalue weighted by atomic mass is 15.2. The fraction of sp³-hybridized carbons (Fsp3) is 0.714. The van der Waals surface area contributed by atoms with Crippen LogP contribution in [0.15, 0.2) is 6.07 Å². The summed E-state index contributed by atoms with van der Waals surface area (Å²) < 4.78 is 0. The van der Waals surface area contributed by atoms with Crippen LogP contribution < -0.4 is 10.6 Å². The second-order valence-electron chi connectivity index (χ2n) is 5.10. The maximum Gasteiger partial charge on any atom is 0.132 e. The molecule has 0 fully saturated rings. The number of anilines is 1. The molecule has 0 amide bonds. The quantitative estimate of drug-likeness (QED) is 0.805. The largest absolute Gasteiger partial charge is 0.356 e. The van der Waals surface area contributed by atoms with E-state index in [4.69, 9.17) is 5.73 Å². The maximum absolute atomic E-state index is 5.61. The van der Waals surface area contributed by atoms with Gasteiger partial charge in [-0.25, -0.2) is 9.97 Å². The van der Waals surface area contributed by atoms with Gasteiger partial charge in [0.15, 0.2) is 0 Å². The van der Waals surface area contributed by atoms with Gasteiger partial charge in [-0.1, -0.05) is 20.8 Å². The molecule has 18 heavy (non-hydrogen) atoms. The zero-order chi connectivity index (χ0) is 13.5. The summed E-state index contributed by atoms with van der Waals surface area (Å²) in [6, 6.07) is 2.10. The first-order chi connectivity index (χ1) is 8.56. The lowest BCUT2D eigenvalue weighted by Crippen LogP contribution is -2.31. The molecule has 0 spiro atoms. The van der Waals surface area contributed by atoms with Crippen molar-refractivity contribution >= 4 is 5.82 Å². The summed E-state index contributed by atoms with van der Waals surface area (Å²) in [5.41, 5.74) is 6.72. The predicted molar refractivity (Wildman–Crippen MR) is 76.9 cm³/mol. The van der Waals surface area contributed by atoms with Gasteiger partial charge in [-0.2, -0.15) is 0 Å². The standard InChI is InChI=1S/C14H26N4/c1-5-13-9-14(17-12(4)16-13)18(8-6-7-15)10-11(2)3/h9,11H,5-8,10,15H2,1-4H3. The van der Waals surface area contributed by atoms with E-state index in [2.05, 4.69) is 41.7 Å². The van der Waals surface area contributed by atoms with Crippen molar-refractivity contribution in [3.8, 4) is 0 Å². The topological polar surface area (TPSA) is 55.0 Å². The fourth-order valence-electron chi connectivity index (χ4n) is 1.98. The lowest BCUT2D eigenvalue weighted by Gasteiger charge is -2.26. The highest BCUT2D eigenvalue weighted by molar-refractivity contribution is 5.40. The molecular weight excluding hydrogens is 224 g/mol. The number of aromatic nitrogens is 2. The molecule has 0 saturated heterocycles. The monoisotopic (exact) mass is 250 g/mol. The van der Waals surface area contributed by atoms with E-state index in [0.29, 0.717) is 5.92 Å². The molecule has 0 atom stereocenters. The zero-order valence-corrected chi connectivity index (χ0v) is 12.1. The molecule has 0 radical (unpaired) electrons. The van der Waals surface area contributed by atoms with Gasteiger partial charge >= 0.3 is 0 Å². The predicted octanol–water partition coefficient (Wildman–Crippen LogP) is 2.16. The zero-order valence-electron chi connectivity index (χ0n) is 12.1. The van der Waals surface area contributed by atoms with Crippen molar-refractivity contribution in [3.05, 3.63) is 17.6 Å². The van der Waals surface area contributed by atoms with E-state index in [1.54, 1.807) is 0 Å². The number of nitrogens with zero attached hydrogens (tertiary/aromatic N) is 3. The average Bonchev–Trinajstić information content (AvgIpc) is 2.33. The molecule has 0 unspecified atom stereocenters. The Labute approximate surface area is 111 Å². The van der Waals surface area contributed by atoms with Gasteiger partial charge in [-0.15, -0.1) is 0 Å². The average molecular weight is 250 g/mol. The number of aryl methyl sites for hydroxylation is 2. The van der Waals surface area contributed by atoms with Gasteiger partial charge in [0, 0.05) is 24.8 Å². The van der Waals surface area contributed by atoms with Crippen molar-refractivity contribution < 1.29 is 0 Å². The van der Waals surface area contributed by atoms with Gasteiger partial charge in [0.1, 0.15) is 11.6 Å². The Kier molecular flexibility index (Phi) is 6.05. The summed E-state index contributed by atoms with van der Waals surface area (Å²) in [4.78, 5) is 11.3. The van der Waals surface area contributed by atoms with Crippen molar-refractivity contribution in [2.45, 2.75) is 40.5 Å². The van der Waals surface area contributed by atoms with Crippen LogP contribution in [0.4, 0.5) is 5.82 Å². The molecule has 1 aromatic heterocycles. The minimum atomic E-state index is 0.614. The molecule has 0 bridgehead atoms. The third-order valence-corrected chi connectivity index (χ3v) is 2.78. The summed E-state index contributed by atoms with van der Waals surface area (Å²) in [7, 11) is 0. The van der Waals surface area contributed by atoms with Crippen LogP contribution in [0, 0.1) is 12.8 Å². The van der Waals surface area contributed by atoms with Crippen LogP contribution in [0.2, 0.25) is 0 Å². The molecule has 0 aliphatic rings. The van der Waals surface area contributed by atoms with Crippen LogP contribution in [-0.2, 0) is 6.42 Å². The Morgan fingerprint density at radius 2 is 2.06 bits per heavy atom. The third kappa shape index (κ3) is 4.61. The number of hydrogen-bond donors (Lipinski definition) is 1. The Morgan fingerprint density at radius 3 is 2.61 bits per heavy atom. The Morgan fingerprint density at radius 1 is 1.33 bits per heavy atom. The second kappa shape index (κ2) is 7.31. The summed E-state index contributed by atoms with van der Waals surface area (Å²) in [5.74, 6) is 2.51. The molecule has 0 saturated carbocycles. The van der Waals surface area contributed by atoms with Gasteiger partial charge in [-0.05, 0) is 32.2 Å². The number of rotatable bonds is 7. The van der Waals surface area contributed by atoms with Crippen LogP contribution in [0.1, 0.15) is 38.7 Å². The molecule has 1 rings (SSSR count). The number of hydrogen-bond acceptors (Lipinski definition) is 4. The molecule has 102 valence electrons. The Balaban J connectivity index is 2.91. The lowest BCUT2D eigenvalue weighted by molar-refractivity contribution is 0.595.